The Labute approximate surface area is 293 Å². The number of anilines is 2. The summed E-state index contributed by atoms with van der Waals surface area (Å²) in [6.07, 6.45) is 14.6. The van der Waals surface area contributed by atoms with Crippen LogP contribution in [0.5, 0.6) is 0 Å². The van der Waals surface area contributed by atoms with Gasteiger partial charge in [0.2, 0.25) is 0 Å². The monoisotopic (exact) mass is 645 g/mol. The fourth-order valence-electron chi connectivity index (χ4n) is 6.80. The lowest BCUT2D eigenvalue weighted by atomic mass is 9.98. The zero-order chi connectivity index (χ0) is 34.9. The van der Waals surface area contributed by atoms with Gasteiger partial charge in [-0.25, -0.2) is 0 Å². The molecule has 0 aliphatic carbocycles. The number of hydrogen-bond donors (Lipinski definition) is 0. The van der Waals surface area contributed by atoms with Gasteiger partial charge in [0.15, 0.2) is 0 Å². The second-order valence-electron chi connectivity index (χ2n) is 12.2. The smallest absolute Gasteiger partial charge is 0.0537 e. The molecule has 0 N–H and O–H groups in total. The molecule has 0 bridgehead atoms. The van der Waals surface area contributed by atoms with E-state index in [4.69, 9.17) is 0 Å². The molecule has 0 saturated heterocycles. The summed E-state index contributed by atoms with van der Waals surface area (Å²) < 4.78 is 4.88. The lowest BCUT2D eigenvalue weighted by Crippen LogP contribution is -2.20. The van der Waals surface area contributed by atoms with Crippen molar-refractivity contribution in [3.63, 3.8) is 0 Å². The maximum atomic E-state index is 4.14. The average Bonchev–Trinajstić information content (AvgIpc) is 3.66. The van der Waals surface area contributed by atoms with Crippen molar-refractivity contribution in [2.24, 2.45) is 0 Å². The van der Waals surface area contributed by atoms with Crippen molar-refractivity contribution >= 4 is 39.3 Å². The van der Waals surface area contributed by atoms with E-state index in [0.717, 1.165) is 36.4 Å². The van der Waals surface area contributed by atoms with Crippen molar-refractivity contribution in [1.29, 1.82) is 0 Å². The predicted molar refractivity (Wildman–Crippen MR) is 216 cm³/mol. The van der Waals surface area contributed by atoms with Gasteiger partial charge in [0.25, 0.3) is 0 Å². The number of nitrogens with zero attached hydrogens (tertiary/aromatic N) is 3. The number of para-hydroxylation sites is 3. The molecule has 250 valence electrons. The van der Waals surface area contributed by atoms with Gasteiger partial charge < -0.3 is 14.0 Å². The van der Waals surface area contributed by atoms with Crippen molar-refractivity contribution in [2.75, 3.05) is 11.4 Å². The van der Waals surface area contributed by atoms with Crippen LogP contribution in [-0.2, 0) is 6.42 Å². The van der Waals surface area contributed by atoms with E-state index in [1.165, 1.54) is 50.0 Å². The second kappa shape index (κ2) is 16.2. The van der Waals surface area contributed by atoms with Crippen molar-refractivity contribution in [1.82, 2.24) is 9.13 Å². The summed E-state index contributed by atoms with van der Waals surface area (Å²) in [7, 11) is 0. The molecule has 0 aliphatic rings. The van der Waals surface area contributed by atoms with Crippen molar-refractivity contribution in [3.05, 3.63) is 163 Å². The Morgan fingerprint density at radius 1 is 0.776 bits per heavy atom. The first kappa shape index (κ1) is 35.0. The fourth-order valence-corrected chi connectivity index (χ4v) is 6.80. The van der Waals surface area contributed by atoms with Crippen LogP contribution in [0.25, 0.3) is 39.3 Å². The molecule has 1 atom stereocenters. The quantitative estimate of drug-likeness (QED) is 0.121. The molecule has 3 nitrogen and oxygen atoms in total. The Morgan fingerprint density at radius 2 is 1.45 bits per heavy atom. The van der Waals surface area contributed by atoms with Crippen LogP contribution in [0.3, 0.4) is 0 Å². The van der Waals surface area contributed by atoms with E-state index in [-0.39, 0.29) is 5.92 Å². The largest absolute Gasteiger partial charge is 0.337 e. The number of rotatable bonds is 12. The summed E-state index contributed by atoms with van der Waals surface area (Å²) >= 11 is 0. The molecule has 3 heteroatoms. The average molecular weight is 646 g/mol. The molecule has 0 saturated carbocycles. The van der Waals surface area contributed by atoms with Gasteiger partial charge in [0.05, 0.1) is 16.7 Å². The molecule has 1 unspecified atom stereocenters. The van der Waals surface area contributed by atoms with E-state index in [0.29, 0.717) is 0 Å². The standard InChI is InChI=1S/C44H45N3.C2H6/c1-7-11-21-35-28-34-20-13-16-24-42(34)46(35)37-29-36(45(27-12-8-2)43-25-17-14-22-39(43)32(5)10-4)30-38(31-37)47-41(19-9-3)33(6)40-23-15-18-26-44(40)47;1-2/h7-10,12-20,22-26,28-32H,1,4,11,21,27H2,2-3,5-6H3;1-2H3/b12-8-,19-9-;. The van der Waals surface area contributed by atoms with E-state index in [1.54, 1.807) is 0 Å². The first-order valence-corrected chi connectivity index (χ1v) is 17.7. The number of aromatic nitrogens is 2. The Balaban J connectivity index is 0.00000230. The highest BCUT2D eigenvalue weighted by Crippen LogP contribution is 2.39. The van der Waals surface area contributed by atoms with Gasteiger partial charge in [0.1, 0.15) is 0 Å². The van der Waals surface area contributed by atoms with E-state index in [9.17, 15) is 0 Å². The molecule has 0 amide bonds. The minimum absolute atomic E-state index is 0.207. The highest BCUT2D eigenvalue weighted by atomic mass is 15.1. The third-order valence-electron chi connectivity index (χ3n) is 9.20. The molecule has 6 rings (SSSR count). The van der Waals surface area contributed by atoms with Crippen LogP contribution in [0.1, 0.15) is 69.5 Å². The molecule has 4 aromatic carbocycles. The number of hydrogen-bond acceptors (Lipinski definition) is 1. The summed E-state index contributed by atoms with van der Waals surface area (Å²) in [6.45, 7) is 21.6. The number of benzene rings is 4. The minimum Gasteiger partial charge on any atom is -0.337 e. The fraction of sp³-hybridized carbons (Fsp3) is 0.217. The molecule has 0 radical (unpaired) electrons. The maximum Gasteiger partial charge on any atom is 0.0537 e. The van der Waals surface area contributed by atoms with Gasteiger partial charge in [0, 0.05) is 51.7 Å². The minimum atomic E-state index is 0.207. The van der Waals surface area contributed by atoms with Crippen LogP contribution in [0.2, 0.25) is 0 Å². The zero-order valence-corrected chi connectivity index (χ0v) is 30.2. The lowest BCUT2D eigenvalue weighted by molar-refractivity contribution is 0.898. The Morgan fingerprint density at radius 3 is 2.16 bits per heavy atom. The summed E-state index contributed by atoms with van der Waals surface area (Å²) in [4.78, 5) is 2.45. The number of allylic oxidation sites excluding steroid dienone is 4. The molecule has 0 aliphatic heterocycles. The first-order chi connectivity index (χ1) is 24.0. The summed E-state index contributed by atoms with van der Waals surface area (Å²) in [6, 6.07) is 35.6. The van der Waals surface area contributed by atoms with Crippen LogP contribution in [0.4, 0.5) is 11.4 Å². The first-order valence-electron chi connectivity index (χ1n) is 17.7. The predicted octanol–water partition coefficient (Wildman–Crippen LogP) is 13.1. The molecule has 0 spiro atoms. The van der Waals surface area contributed by atoms with Crippen LogP contribution >= 0.6 is 0 Å². The van der Waals surface area contributed by atoms with Crippen LogP contribution in [0.15, 0.2) is 141 Å². The number of aryl methyl sites for hydroxylation is 2. The Bertz CT molecular complexity index is 2120. The highest BCUT2D eigenvalue weighted by molar-refractivity contribution is 5.91. The van der Waals surface area contributed by atoms with Gasteiger partial charge in [-0.1, -0.05) is 106 Å². The van der Waals surface area contributed by atoms with Gasteiger partial charge in [-0.15, -0.1) is 13.2 Å². The van der Waals surface area contributed by atoms with Crippen LogP contribution in [-0.4, -0.2) is 15.7 Å². The van der Waals surface area contributed by atoms with E-state index < -0.39 is 0 Å². The molecule has 6 aromatic rings. The zero-order valence-electron chi connectivity index (χ0n) is 30.2. The van der Waals surface area contributed by atoms with Gasteiger partial charge in [-0.05, 0) is 93.3 Å². The Hall–Kier alpha value is -5.28. The highest BCUT2D eigenvalue weighted by Gasteiger charge is 2.21. The van der Waals surface area contributed by atoms with E-state index in [2.05, 4.69) is 176 Å². The third kappa shape index (κ3) is 6.98. The molecular weight excluding hydrogens is 595 g/mol. The molecule has 2 heterocycles. The van der Waals surface area contributed by atoms with Crippen molar-refractivity contribution < 1.29 is 0 Å². The normalized spacial score (nSPS) is 12.0. The van der Waals surface area contributed by atoms with E-state index in [1.807, 2.05) is 26.0 Å². The Kier molecular flexibility index (Phi) is 11.6. The lowest BCUT2D eigenvalue weighted by Gasteiger charge is -2.29. The van der Waals surface area contributed by atoms with Crippen LogP contribution in [0, 0.1) is 6.92 Å². The second-order valence-corrected chi connectivity index (χ2v) is 12.2. The summed E-state index contributed by atoms with van der Waals surface area (Å²) in [5.41, 5.74) is 12.0. The summed E-state index contributed by atoms with van der Waals surface area (Å²) in [5, 5.41) is 2.51. The van der Waals surface area contributed by atoms with Gasteiger partial charge in [-0.2, -0.15) is 0 Å². The molecule has 0 fully saturated rings. The third-order valence-corrected chi connectivity index (χ3v) is 9.20. The summed E-state index contributed by atoms with van der Waals surface area (Å²) in [5.74, 6) is 0.207. The molecular formula is C46H51N3. The van der Waals surface area contributed by atoms with Crippen LogP contribution < -0.4 is 4.90 Å². The topological polar surface area (TPSA) is 13.1 Å². The SMILES string of the molecule is C=CCCc1cc2ccccc2n1-c1cc(N(C/C=C\C)c2ccccc2C(C)C=C)cc(-n2c(/C=C\C)c(C)c3ccccc32)c1.CC. The van der Waals surface area contributed by atoms with Crippen molar-refractivity contribution in [2.45, 2.75) is 60.3 Å². The van der Waals surface area contributed by atoms with Gasteiger partial charge in [-0.3, -0.25) is 0 Å². The molecule has 2 aromatic heterocycles. The number of fused-ring (bicyclic) bond motifs is 2. The maximum absolute atomic E-state index is 4.14. The van der Waals surface area contributed by atoms with Crippen molar-refractivity contribution in [3.8, 4) is 11.4 Å². The molecule has 49 heavy (non-hydrogen) atoms. The van der Waals surface area contributed by atoms with E-state index >= 15 is 0 Å². The van der Waals surface area contributed by atoms with Gasteiger partial charge >= 0.3 is 0 Å².